The first kappa shape index (κ1) is 18.4. The van der Waals surface area contributed by atoms with Crippen molar-refractivity contribution in [3.8, 4) is 0 Å². The molecule has 0 rings (SSSR count). The average Bonchev–Trinajstić information content (AvgIpc) is 2.42. The molecule has 5 heteroatoms. The van der Waals surface area contributed by atoms with Crippen LogP contribution < -0.4 is 10.6 Å². The van der Waals surface area contributed by atoms with Crippen molar-refractivity contribution in [1.82, 2.24) is 10.6 Å². The average molecular weight is 281 g/mol. The van der Waals surface area contributed by atoms with E-state index in [1.807, 2.05) is 6.92 Å². The molecule has 0 saturated carbocycles. The number of rotatable bonds is 11. The lowest BCUT2D eigenvalue weighted by Crippen LogP contribution is -2.31. The van der Waals surface area contributed by atoms with E-state index in [-0.39, 0.29) is 5.91 Å². The van der Waals surface area contributed by atoms with Crippen LogP contribution in [-0.4, -0.2) is 24.4 Å². The lowest BCUT2D eigenvalue weighted by molar-refractivity contribution is -0.118. The fraction of sp³-hybridized carbons (Fsp3) is 0.667. The SMILES string of the molecule is CCCCCCC(=N)/C(NC(C)=O)=C(/C=O)NCCC. The molecule has 0 fully saturated rings. The molecule has 20 heavy (non-hydrogen) atoms. The van der Waals surface area contributed by atoms with Crippen LogP contribution in [0.5, 0.6) is 0 Å². The van der Waals surface area contributed by atoms with Gasteiger partial charge in [-0.2, -0.15) is 0 Å². The van der Waals surface area contributed by atoms with Gasteiger partial charge >= 0.3 is 0 Å². The summed E-state index contributed by atoms with van der Waals surface area (Å²) in [7, 11) is 0. The van der Waals surface area contributed by atoms with Gasteiger partial charge in [-0.1, -0.05) is 33.1 Å². The summed E-state index contributed by atoms with van der Waals surface area (Å²) in [5.41, 5.74) is 0.919. The van der Waals surface area contributed by atoms with Crippen LogP contribution in [0.3, 0.4) is 0 Å². The zero-order valence-corrected chi connectivity index (χ0v) is 12.8. The van der Waals surface area contributed by atoms with Crippen molar-refractivity contribution >= 4 is 17.9 Å². The Kier molecular flexibility index (Phi) is 10.3. The molecule has 0 spiro atoms. The summed E-state index contributed by atoms with van der Waals surface area (Å²) in [5, 5.41) is 13.6. The van der Waals surface area contributed by atoms with E-state index < -0.39 is 0 Å². The van der Waals surface area contributed by atoms with Gasteiger partial charge in [-0.15, -0.1) is 0 Å². The zero-order valence-electron chi connectivity index (χ0n) is 12.8. The normalized spacial score (nSPS) is 11.6. The van der Waals surface area contributed by atoms with Gasteiger partial charge in [-0.25, -0.2) is 0 Å². The summed E-state index contributed by atoms with van der Waals surface area (Å²) in [4.78, 5) is 22.4. The molecule has 0 heterocycles. The quantitative estimate of drug-likeness (QED) is 0.235. The van der Waals surface area contributed by atoms with Gasteiger partial charge in [0.1, 0.15) is 5.70 Å². The lowest BCUT2D eigenvalue weighted by atomic mass is 10.1. The molecule has 1 amide bonds. The Morgan fingerprint density at radius 3 is 2.35 bits per heavy atom. The number of aldehydes is 1. The molecule has 5 nitrogen and oxygen atoms in total. The van der Waals surface area contributed by atoms with Gasteiger partial charge in [0.25, 0.3) is 0 Å². The third-order valence-corrected chi connectivity index (χ3v) is 2.84. The minimum Gasteiger partial charge on any atom is -0.381 e. The Morgan fingerprint density at radius 1 is 1.15 bits per heavy atom. The third-order valence-electron chi connectivity index (χ3n) is 2.84. The van der Waals surface area contributed by atoms with Crippen molar-refractivity contribution in [1.29, 1.82) is 5.41 Å². The highest BCUT2D eigenvalue weighted by Gasteiger charge is 2.13. The van der Waals surface area contributed by atoms with E-state index in [4.69, 9.17) is 5.41 Å². The highest BCUT2D eigenvalue weighted by Crippen LogP contribution is 2.08. The summed E-state index contributed by atoms with van der Waals surface area (Å²) < 4.78 is 0. The van der Waals surface area contributed by atoms with E-state index in [0.717, 1.165) is 32.1 Å². The fourth-order valence-electron chi connectivity index (χ4n) is 1.78. The van der Waals surface area contributed by atoms with Crippen molar-refractivity contribution in [2.45, 2.75) is 59.3 Å². The summed E-state index contributed by atoms with van der Waals surface area (Å²) in [6.45, 7) is 6.14. The Bertz CT molecular complexity index is 362. The number of unbranched alkanes of at least 4 members (excludes halogenated alkanes) is 3. The first-order chi connectivity index (χ1) is 9.56. The first-order valence-electron chi connectivity index (χ1n) is 7.35. The lowest BCUT2D eigenvalue weighted by Gasteiger charge is -2.14. The molecule has 114 valence electrons. The summed E-state index contributed by atoms with van der Waals surface area (Å²) in [5.74, 6) is -0.268. The van der Waals surface area contributed by atoms with Gasteiger partial charge in [-0.05, 0) is 19.3 Å². The van der Waals surface area contributed by atoms with Gasteiger partial charge in [0.05, 0.1) is 11.4 Å². The molecule has 3 N–H and O–H groups in total. The van der Waals surface area contributed by atoms with Crippen molar-refractivity contribution in [3.05, 3.63) is 11.4 Å². The summed E-state index contributed by atoms with van der Waals surface area (Å²) >= 11 is 0. The van der Waals surface area contributed by atoms with Gasteiger partial charge in [0, 0.05) is 13.5 Å². The Balaban J connectivity index is 4.82. The largest absolute Gasteiger partial charge is 0.381 e. The molecule has 0 aliphatic rings. The third kappa shape index (κ3) is 7.71. The highest BCUT2D eigenvalue weighted by molar-refractivity contribution is 6.04. The molecular weight excluding hydrogens is 254 g/mol. The molecule has 0 aromatic carbocycles. The van der Waals surface area contributed by atoms with E-state index in [1.165, 1.54) is 6.92 Å². The Labute approximate surface area is 121 Å². The molecular formula is C15H27N3O2. The predicted octanol–water partition coefficient (Wildman–Crippen LogP) is 2.52. The molecule has 0 bridgehead atoms. The smallest absolute Gasteiger partial charge is 0.221 e. The zero-order chi connectivity index (χ0) is 15.4. The summed E-state index contributed by atoms with van der Waals surface area (Å²) in [6, 6.07) is 0. The molecule has 0 aromatic rings. The number of allylic oxidation sites excluding steroid dienone is 2. The van der Waals surface area contributed by atoms with Crippen molar-refractivity contribution in [3.63, 3.8) is 0 Å². The maximum absolute atomic E-state index is 11.2. The highest BCUT2D eigenvalue weighted by atomic mass is 16.1. The predicted molar refractivity (Wildman–Crippen MR) is 81.7 cm³/mol. The standard InChI is InChI=1S/C15H27N3O2/c1-4-6-7-8-9-13(16)15(18-12(3)20)14(11-19)17-10-5-2/h11,16-17H,4-10H2,1-3H3,(H,18,20)/b15-14+,16-13?. The van der Waals surface area contributed by atoms with Gasteiger partial charge in [0.15, 0.2) is 6.29 Å². The maximum atomic E-state index is 11.2. The minimum absolute atomic E-state index is 0.268. The van der Waals surface area contributed by atoms with Gasteiger partial charge < -0.3 is 16.0 Å². The molecule has 0 aliphatic carbocycles. The van der Waals surface area contributed by atoms with Crippen LogP contribution in [0, 0.1) is 5.41 Å². The van der Waals surface area contributed by atoms with Crippen molar-refractivity contribution in [2.24, 2.45) is 0 Å². The number of hydrogen-bond donors (Lipinski definition) is 3. The minimum atomic E-state index is -0.268. The van der Waals surface area contributed by atoms with E-state index in [9.17, 15) is 9.59 Å². The van der Waals surface area contributed by atoms with Crippen LogP contribution in [0.25, 0.3) is 0 Å². The Morgan fingerprint density at radius 2 is 1.85 bits per heavy atom. The Hall–Kier alpha value is -1.65. The second-order valence-electron chi connectivity index (χ2n) is 4.80. The van der Waals surface area contributed by atoms with Crippen molar-refractivity contribution in [2.75, 3.05) is 6.54 Å². The summed E-state index contributed by atoms with van der Waals surface area (Å²) in [6.07, 6.45) is 6.35. The van der Waals surface area contributed by atoms with Gasteiger partial charge in [0.2, 0.25) is 5.91 Å². The van der Waals surface area contributed by atoms with Gasteiger partial charge in [-0.3, -0.25) is 9.59 Å². The molecule has 0 unspecified atom stereocenters. The van der Waals surface area contributed by atoms with E-state index in [2.05, 4.69) is 17.6 Å². The molecule has 0 atom stereocenters. The number of nitrogens with one attached hydrogen (secondary N) is 3. The van der Waals surface area contributed by atoms with Crippen LogP contribution >= 0.6 is 0 Å². The topological polar surface area (TPSA) is 82.1 Å². The van der Waals surface area contributed by atoms with Crippen LogP contribution in [0.4, 0.5) is 0 Å². The van der Waals surface area contributed by atoms with Crippen LogP contribution in [0.1, 0.15) is 59.3 Å². The van der Waals surface area contributed by atoms with E-state index in [1.54, 1.807) is 0 Å². The van der Waals surface area contributed by atoms with E-state index >= 15 is 0 Å². The fourth-order valence-corrected chi connectivity index (χ4v) is 1.78. The molecule has 0 aromatic heterocycles. The second kappa shape index (κ2) is 11.2. The number of carbonyl (C=O) groups excluding carboxylic acids is 2. The number of hydrogen-bond acceptors (Lipinski definition) is 4. The maximum Gasteiger partial charge on any atom is 0.221 e. The van der Waals surface area contributed by atoms with Crippen LogP contribution in [-0.2, 0) is 9.59 Å². The monoisotopic (exact) mass is 281 g/mol. The van der Waals surface area contributed by atoms with Crippen LogP contribution in [0.15, 0.2) is 11.4 Å². The second-order valence-corrected chi connectivity index (χ2v) is 4.80. The van der Waals surface area contributed by atoms with Crippen LogP contribution in [0.2, 0.25) is 0 Å². The number of carbonyl (C=O) groups is 2. The molecule has 0 saturated heterocycles. The van der Waals surface area contributed by atoms with Crippen molar-refractivity contribution < 1.29 is 9.59 Å². The molecule has 0 aliphatic heterocycles. The molecule has 0 radical (unpaired) electrons. The first-order valence-corrected chi connectivity index (χ1v) is 7.35. The van der Waals surface area contributed by atoms with E-state index in [0.29, 0.717) is 36.4 Å². The number of amides is 1.